The maximum Gasteiger partial charge on any atom is 0.335 e. The van der Waals surface area contributed by atoms with Gasteiger partial charge in [0.2, 0.25) is 10.0 Å². The zero-order chi connectivity index (χ0) is 17.7. The molecule has 7 heteroatoms. The first-order valence-electron chi connectivity index (χ1n) is 7.21. The molecule has 1 N–H and O–H groups in total. The van der Waals surface area contributed by atoms with E-state index in [0.717, 1.165) is 5.56 Å². The number of benzene rings is 2. The molecule has 0 amide bonds. The monoisotopic (exact) mass is 349 g/mol. The molecule has 2 rings (SSSR count). The third-order valence-electron chi connectivity index (χ3n) is 3.56. The lowest BCUT2D eigenvalue weighted by molar-refractivity contribution is 0.0697. The lowest BCUT2D eigenvalue weighted by Gasteiger charge is -2.17. The Hall–Kier alpha value is -2.38. The summed E-state index contributed by atoms with van der Waals surface area (Å²) in [6.45, 7) is 0.229. The molecule has 0 aromatic heterocycles. The number of rotatable bonds is 7. The number of hydrogen-bond donors (Lipinski definition) is 1. The van der Waals surface area contributed by atoms with Gasteiger partial charge in [-0.05, 0) is 35.4 Å². The first kappa shape index (κ1) is 18.0. The molecule has 0 aliphatic carbocycles. The van der Waals surface area contributed by atoms with Crippen molar-refractivity contribution in [3.63, 3.8) is 0 Å². The van der Waals surface area contributed by atoms with Crippen molar-refractivity contribution >= 4 is 16.0 Å². The summed E-state index contributed by atoms with van der Waals surface area (Å²) in [6.07, 6.45) is 0. The predicted molar refractivity (Wildman–Crippen MR) is 90.5 cm³/mol. The van der Waals surface area contributed by atoms with Crippen LogP contribution in [0.25, 0.3) is 0 Å². The van der Waals surface area contributed by atoms with E-state index in [1.165, 1.54) is 35.6 Å². The van der Waals surface area contributed by atoms with Gasteiger partial charge in [0.25, 0.3) is 0 Å². The fraction of sp³-hybridized carbons (Fsp3) is 0.235. The van der Waals surface area contributed by atoms with Crippen LogP contribution in [0, 0.1) is 0 Å². The molecule has 0 atom stereocenters. The fourth-order valence-electron chi connectivity index (χ4n) is 2.19. The van der Waals surface area contributed by atoms with Crippen molar-refractivity contribution in [2.45, 2.75) is 12.3 Å². The Bertz CT molecular complexity index is 815. The minimum atomic E-state index is -3.52. The Morgan fingerprint density at radius 3 is 2.38 bits per heavy atom. The molecule has 0 bridgehead atoms. The van der Waals surface area contributed by atoms with Crippen LogP contribution in [-0.4, -0.2) is 38.0 Å². The van der Waals surface area contributed by atoms with Crippen LogP contribution in [0.5, 0.6) is 5.75 Å². The molecule has 2 aromatic rings. The number of methoxy groups -OCH3 is 1. The van der Waals surface area contributed by atoms with Crippen molar-refractivity contribution in [2.24, 2.45) is 0 Å². The molecule has 0 radical (unpaired) electrons. The second-order valence-electron chi connectivity index (χ2n) is 5.37. The largest absolute Gasteiger partial charge is 0.497 e. The minimum absolute atomic E-state index is 0.126. The Morgan fingerprint density at radius 2 is 1.79 bits per heavy atom. The lowest BCUT2D eigenvalue weighted by Crippen LogP contribution is -2.27. The van der Waals surface area contributed by atoms with Gasteiger partial charge in [-0.1, -0.05) is 24.3 Å². The summed E-state index contributed by atoms with van der Waals surface area (Å²) in [4.78, 5) is 10.8. The van der Waals surface area contributed by atoms with Gasteiger partial charge in [0.1, 0.15) is 5.75 Å². The average molecular weight is 349 g/mol. The zero-order valence-corrected chi connectivity index (χ0v) is 14.3. The summed E-state index contributed by atoms with van der Waals surface area (Å²) in [5.74, 6) is -0.560. The Kier molecular flexibility index (Phi) is 5.58. The summed E-state index contributed by atoms with van der Waals surface area (Å²) in [5.41, 5.74) is 1.49. The standard InChI is InChI=1S/C17H19NO5S/c1-18(11-14-4-3-5-16(10-14)23-2)24(21,22)12-13-6-8-15(9-7-13)17(19)20/h3-10H,11-12H2,1-2H3,(H,19,20). The SMILES string of the molecule is COc1cccc(CN(C)S(=O)(=O)Cc2ccc(C(=O)O)cc2)c1. The highest BCUT2D eigenvalue weighted by atomic mass is 32.2. The van der Waals surface area contributed by atoms with Crippen LogP contribution in [0.1, 0.15) is 21.5 Å². The lowest BCUT2D eigenvalue weighted by atomic mass is 10.1. The number of carbonyl (C=O) groups is 1. The van der Waals surface area contributed by atoms with Gasteiger partial charge >= 0.3 is 5.97 Å². The van der Waals surface area contributed by atoms with Crippen LogP contribution < -0.4 is 4.74 Å². The summed E-state index contributed by atoms with van der Waals surface area (Å²) < 4.78 is 31.3. The smallest absolute Gasteiger partial charge is 0.335 e. The van der Waals surface area contributed by atoms with Crippen LogP contribution >= 0.6 is 0 Å². The molecular weight excluding hydrogens is 330 g/mol. The van der Waals surface area contributed by atoms with Crippen molar-refractivity contribution in [3.05, 3.63) is 65.2 Å². The van der Waals surface area contributed by atoms with Crippen molar-refractivity contribution < 1.29 is 23.1 Å². The van der Waals surface area contributed by atoms with Gasteiger partial charge in [-0.3, -0.25) is 0 Å². The first-order chi connectivity index (χ1) is 11.3. The molecule has 0 fully saturated rings. The Labute approximate surface area is 141 Å². The number of carboxylic acids is 1. The van der Waals surface area contributed by atoms with Gasteiger partial charge in [-0.15, -0.1) is 0 Å². The molecule has 0 heterocycles. The highest BCUT2D eigenvalue weighted by Crippen LogP contribution is 2.17. The summed E-state index contributed by atoms with van der Waals surface area (Å²) in [7, 11) is -0.449. The van der Waals surface area contributed by atoms with Crippen LogP contribution in [0.2, 0.25) is 0 Å². The van der Waals surface area contributed by atoms with Gasteiger partial charge < -0.3 is 9.84 Å². The third-order valence-corrected chi connectivity index (χ3v) is 5.34. The number of aromatic carboxylic acids is 1. The van der Waals surface area contributed by atoms with E-state index in [0.29, 0.717) is 11.3 Å². The van der Waals surface area contributed by atoms with Crippen LogP contribution in [0.3, 0.4) is 0 Å². The highest BCUT2D eigenvalue weighted by Gasteiger charge is 2.19. The van der Waals surface area contributed by atoms with E-state index in [4.69, 9.17) is 9.84 Å². The zero-order valence-electron chi connectivity index (χ0n) is 13.5. The Balaban J connectivity index is 2.09. The molecule has 128 valence electrons. The van der Waals surface area contributed by atoms with Crippen molar-refractivity contribution in [3.8, 4) is 5.75 Å². The third kappa shape index (κ3) is 4.56. The molecule has 2 aromatic carbocycles. The summed E-state index contributed by atoms with van der Waals surface area (Å²) >= 11 is 0. The molecule has 6 nitrogen and oxygen atoms in total. The van der Waals surface area contributed by atoms with E-state index >= 15 is 0 Å². The normalized spacial score (nSPS) is 11.5. The van der Waals surface area contributed by atoms with E-state index in [2.05, 4.69) is 0 Å². The molecular formula is C17H19NO5S. The van der Waals surface area contributed by atoms with E-state index < -0.39 is 16.0 Å². The maximum absolute atomic E-state index is 12.5. The number of nitrogens with zero attached hydrogens (tertiary/aromatic N) is 1. The van der Waals surface area contributed by atoms with Gasteiger partial charge in [-0.25, -0.2) is 17.5 Å². The van der Waals surface area contributed by atoms with Gasteiger partial charge in [-0.2, -0.15) is 0 Å². The topological polar surface area (TPSA) is 83.9 Å². The van der Waals surface area contributed by atoms with Crippen LogP contribution in [-0.2, 0) is 22.3 Å². The summed E-state index contributed by atoms with van der Waals surface area (Å²) in [6, 6.07) is 13.0. The second-order valence-corrected chi connectivity index (χ2v) is 7.44. The predicted octanol–water partition coefficient (Wildman–Crippen LogP) is 2.36. The summed E-state index contributed by atoms with van der Waals surface area (Å²) in [5, 5.41) is 8.87. The van der Waals surface area contributed by atoms with Crippen molar-refractivity contribution in [1.29, 1.82) is 0 Å². The minimum Gasteiger partial charge on any atom is -0.497 e. The Morgan fingerprint density at radius 1 is 1.12 bits per heavy atom. The van der Waals surface area contributed by atoms with Crippen molar-refractivity contribution in [1.82, 2.24) is 4.31 Å². The number of ether oxygens (including phenoxy) is 1. The number of sulfonamides is 1. The molecule has 0 aliphatic heterocycles. The fourth-order valence-corrected chi connectivity index (χ4v) is 3.37. The molecule has 24 heavy (non-hydrogen) atoms. The van der Waals surface area contributed by atoms with Gasteiger partial charge in [0.05, 0.1) is 18.4 Å². The molecule has 0 aliphatic rings. The van der Waals surface area contributed by atoms with Crippen LogP contribution in [0.4, 0.5) is 0 Å². The van der Waals surface area contributed by atoms with E-state index in [9.17, 15) is 13.2 Å². The number of carboxylic acid groups (broad SMARTS) is 1. The quantitative estimate of drug-likeness (QED) is 0.829. The number of hydrogen-bond acceptors (Lipinski definition) is 4. The molecule has 0 saturated carbocycles. The van der Waals surface area contributed by atoms with E-state index in [1.54, 1.807) is 25.3 Å². The second kappa shape index (κ2) is 7.46. The highest BCUT2D eigenvalue weighted by molar-refractivity contribution is 7.88. The molecule has 0 unspecified atom stereocenters. The van der Waals surface area contributed by atoms with Crippen LogP contribution in [0.15, 0.2) is 48.5 Å². The first-order valence-corrected chi connectivity index (χ1v) is 8.82. The average Bonchev–Trinajstić information content (AvgIpc) is 2.55. The maximum atomic E-state index is 12.5. The van der Waals surface area contributed by atoms with E-state index in [1.807, 2.05) is 6.07 Å². The molecule has 0 spiro atoms. The van der Waals surface area contributed by atoms with E-state index in [-0.39, 0.29) is 17.9 Å². The van der Waals surface area contributed by atoms with Gasteiger partial charge in [0.15, 0.2) is 0 Å². The van der Waals surface area contributed by atoms with Gasteiger partial charge in [0, 0.05) is 13.6 Å². The molecule has 0 saturated heterocycles. The van der Waals surface area contributed by atoms with Crippen molar-refractivity contribution in [2.75, 3.05) is 14.2 Å².